The molecule has 2 rings (SSSR count). The van der Waals surface area contributed by atoms with Crippen molar-refractivity contribution < 1.29 is 4.42 Å². The molecule has 0 amide bonds. The van der Waals surface area contributed by atoms with Gasteiger partial charge in [-0.05, 0) is 31.7 Å². The van der Waals surface area contributed by atoms with Crippen molar-refractivity contribution in [3.63, 3.8) is 0 Å². The van der Waals surface area contributed by atoms with Crippen molar-refractivity contribution in [2.45, 2.75) is 13.0 Å². The lowest BCUT2D eigenvalue weighted by molar-refractivity contribution is 0.528. The standard InChI is InChI=1S/C13H13Cl2NO/c1-8-6-9(7-17-8)13(16-2)10-4-3-5-11(14)12(10)15/h3-7,13,16H,1-2H3. The molecule has 0 aliphatic heterocycles. The Morgan fingerprint density at radius 1 is 1.29 bits per heavy atom. The van der Waals surface area contributed by atoms with Gasteiger partial charge in [0.15, 0.2) is 0 Å². The van der Waals surface area contributed by atoms with Crippen LogP contribution in [-0.4, -0.2) is 7.05 Å². The second-order valence-electron chi connectivity index (χ2n) is 3.86. The SMILES string of the molecule is CNC(c1coc(C)c1)c1cccc(Cl)c1Cl. The molecule has 17 heavy (non-hydrogen) atoms. The fraction of sp³-hybridized carbons (Fsp3) is 0.231. The normalized spacial score (nSPS) is 12.7. The molecule has 1 N–H and O–H groups in total. The third-order valence-electron chi connectivity index (χ3n) is 2.67. The Labute approximate surface area is 111 Å². The van der Waals surface area contributed by atoms with Crippen LogP contribution >= 0.6 is 23.2 Å². The fourth-order valence-corrected chi connectivity index (χ4v) is 2.28. The monoisotopic (exact) mass is 269 g/mol. The van der Waals surface area contributed by atoms with E-state index in [1.165, 1.54) is 0 Å². The molecule has 1 atom stereocenters. The molecular weight excluding hydrogens is 257 g/mol. The molecule has 90 valence electrons. The van der Waals surface area contributed by atoms with Crippen LogP contribution in [0.25, 0.3) is 0 Å². The molecular formula is C13H13Cl2NO. The number of nitrogens with one attached hydrogen (secondary N) is 1. The highest BCUT2D eigenvalue weighted by atomic mass is 35.5. The van der Waals surface area contributed by atoms with Gasteiger partial charge in [0.25, 0.3) is 0 Å². The van der Waals surface area contributed by atoms with Crippen LogP contribution in [0, 0.1) is 6.92 Å². The van der Waals surface area contributed by atoms with Crippen LogP contribution in [0.5, 0.6) is 0 Å². The van der Waals surface area contributed by atoms with Gasteiger partial charge in [-0.1, -0.05) is 35.3 Å². The molecule has 1 aromatic carbocycles. The zero-order valence-corrected chi connectivity index (χ0v) is 11.1. The van der Waals surface area contributed by atoms with Gasteiger partial charge in [0.2, 0.25) is 0 Å². The van der Waals surface area contributed by atoms with Crippen LogP contribution in [-0.2, 0) is 0 Å². The first-order valence-corrected chi connectivity index (χ1v) is 6.05. The average Bonchev–Trinajstić information content (AvgIpc) is 2.72. The largest absolute Gasteiger partial charge is 0.469 e. The van der Waals surface area contributed by atoms with Gasteiger partial charge in [-0.3, -0.25) is 0 Å². The van der Waals surface area contributed by atoms with E-state index in [4.69, 9.17) is 27.6 Å². The van der Waals surface area contributed by atoms with Crippen LogP contribution in [0.4, 0.5) is 0 Å². The summed E-state index contributed by atoms with van der Waals surface area (Å²) in [4.78, 5) is 0. The molecule has 1 aromatic heterocycles. The topological polar surface area (TPSA) is 25.2 Å². The van der Waals surface area contributed by atoms with E-state index in [0.717, 1.165) is 16.9 Å². The van der Waals surface area contributed by atoms with E-state index >= 15 is 0 Å². The molecule has 0 aliphatic carbocycles. The second kappa shape index (κ2) is 5.13. The van der Waals surface area contributed by atoms with Gasteiger partial charge in [-0.25, -0.2) is 0 Å². The van der Waals surface area contributed by atoms with Gasteiger partial charge in [-0.15, -0.1) is 0 Å². The van der Waals surface area contributed by atoms with Crippen LogP contribution in [0.1, 0.15) is 22.9 Å². The Morgan fingerprint density at radius 2 is 2.06 bits per heavy atom. The molecule has 0 aliphatic rings. The highest BCUT2D eigenvalue weighted by Gasteiger charge is 2.18. The Morgan fingerprint density at radius 3 is 2.65 bits per heavy atom. The van der Waals surface area contributed by atoms with Gasteiger partial charge < -0.3 is 9.73 Å². The van der Waals surface area contributed by atoms with E-state index < -0.39 is 0 Å². The van der Waals surface area contributed by atoms with E-state index in [0.29, 0.717) is 10.0 Å². The van der Waals surface area contributed by atoms with E-state index in [2.05, 4.69) is 5.32 Å². The molecule has 0 radical (unpaired) electrons. The molecule has 1 heterocycles. The number of rotatable bonds is 3. The zero-order chi connectivity index (χ0) is 12.4. The van der Waals surface area contributed by atoms with Crippen molar-refractivity contribution in [2.24, 2.45) is 0 Å². The maximum atomic E-state index is 6.22. The molecule has 0 bridgehead atoms. The average molecular weight is 270 g/mol. The maximum absolute atomic E-state index is 6.22. The minimum Gasteiger partial charge on any atom is -0.469 e. The van der Waals surface area contributed by atoms with E-state index in [-0.39, 0.29) is 6.04 Å². The van der Waals surface area contributed by atoms with Crippen LogP contribution < -0.4 is 5.32 Å². The second-order valence-corrected chi connectivity index (χ2v) is 4.64. The summed E-state index contributed by atoms with van der Waals surface area (Å²) in [6, 6.07) is 7.59. The molecule has 4 heteroatoms. The lowest BCUT2D eigenvalue weighted by atomic mass is 10.0. The summed E-state index contributed by atoms with van der Waals surface area (Å²) in [7, 11) is 1.88. The lowest BCUT2D eigenvalue weighted by Crippen LogP contribution is -2.17. The van der Waals surface area contributed by atoms with Gasteiger partial charge in [0.1, 0.15) is 5.76 Å². The highest BCUT2D eigenvalue weighted by Crippen LogP contribution is 2.33. The Bertz CT molecular complexity index is 522. The minimum absolute atomic E-state index is 0.0151. The minimum atomic E-state index is -0.0151. The molecule has 0 saturated carbocycles. The van der Waals surface area contributed by atoms with Crippen molar-refractivity contribution in [1.29, 1.82) is 0 Å². The summed E-state index contributed by atoms with van der Waals surface area (Å²) in [6.07, 6.45) is 1.73. The van der Waals surface area contributed by atoms with Crippen molar-refractivity contribution in [2.75, 3.05) is 7.05 Å². The summed E-state index contributed by atoms with van der Waals surface area (Å²) >= 11 is 12.2. The first kappa shape index (κ1) is 12.5. The maximum Gasteiger partial charge on any atom is 0.101 e. The molecule has 2 aromatic rings. The molecule has 2 nitrogen and oxygen atoms in total. The number of hydrogen-bond donors (Lipinski definition) is 1. The third kappa shape index (κ3) is 2.49. The number of halogens is 2. The summed E-state index contributed by atoms with van der Waals surface area (Å²) < 4.78 is 5.32. The van der Waals surface area contributed by atoms with E-state index in [1.807, 2.05) is 32.2 Å². The van der Waals surface area contributed by atoms with Gasteiger partial charge in [-0.2, -0.15) is 0 Å². The molecule has 1 unspecified atom stereocenters. The van der Waals surface area contributed by atoms with Gasteiger partial charge in [0.05, 0.1) is 22.4 Å². The van der Waals surface area contributed by atoms with Gasteiger partial charge in [0, 0.05) is 5.56 Å². The van der Waals surface area contributed by atoms with Crippen molar-refractivity contribution in [1.82, 2.24) is 5.32 Å². The Hall–Kier alpha value is -0.960. The number of aryl methyl sites for hydroxylation is 1. The Kier molecular flexibility index (Phi) is 3.77. The summed E-state index contributed by atoms with van der Waals surface area (Å²) in [5.41, 5.74) is 1.98. The number of hydrogen-bond acceptors (Lipinski definition) is 2. The smallest absolute Gasteiger partial charge is 0.101 e. The van der Waals surface area contributed by atoms with Crippen molar-refractivity contribution in [3.05, 3.63) is 57.5 Å². The predicted molar refractivity (Wildman–Crippen MR) is 70.8 cm³/mol. The quantitative estimate of drug-likeness (QED) is 0.904. The first-order valence-electron chi connectivity index (χ1n) is 5.29. The van der Waals surface area contributed by atoms with Crippen LogP contribution in [0.3, 0.4) is 0 Å². The van der Waals surface area contributed by atoms with E-state index in [9.17, 15) is 0 Å². The molecule has 0 saturated heterocycles. The molecule has 0 fully saturated rings. The number of benzene rings is 1. The zero-order valence-electron chi connectivity index (χ0n) is 9.63. The summed E-state index contributed by atoms with van der Waals surface area (Å²) in [5.74, 6) is 0.874. The Balaban J connectivity index is 2.45. The van der Waals surface area contributed by atoms with Crippen molar-refractivity contribution >= 4 is 23.2 Å². The molecule has 0 spiro atoms. The fourth-order valence-electron chi connectivity index (χ4n) is 1.86. The van der Waals surface area contributed by atoms with E-state index in [1.54, 1.807) is 12.3 Å². The third-order valence-corrected chi connectivity index (χ3v) is 3.50. The van der Waals surface area contributed by atoms with Gasteiger partial charge >= 0.3 is 0 Å². The summed E-state index contributed by atoms with van der Waals surface area (Å²) in [5, 5.41) is 4.35. The summed E-state index contributed by atoms with van der Waals surface area (Å²) in [6.45, 7) is 1.91. The van der Waals surface area contributed by atoms with Crippen molar-refractivity contribution in [3.8, 4) is 0 Å². The first-order chi connectivity index (χ1) is 8.13. The predicted octanol–water partition coefficient (Wildman–Crippen LogP) is 4.20. The lowest BCUT2D eigenvalue weighted by Gasteiger charge is -2.16. The number of furan rings is 1. The highest BCUT2D eigenvalue weighted by molar-refractivity contribution is 6.42. The van der Waals surface area contributed by atoms with Crippen LogP contribution in [0.2, 0.25) is 10.0 Å². The van der Waals surface area contributed by atoms with Crippen LogP contribution in [0.15, 0.2) is 34.9 Å².